The molecule has 0 aromatic carbocycles. The topological polar surface area (TPSA) is 64.3 Å². The Morgan fingerprint density at radius 2 is 2.22 bits per heavy atom. The minimum atomic E-state index is 0.291. The van der Waals surface area contributed by atoms with Crippen molar-refractivity contribution in [2.75, 3.05) is 30.8 Å². The van der Waals surface area contributed by atoms with Gasteiger partial charge in [-0.1, -0.05) is 6.92 Å². The first-order valence-corrected chi connectivity index (χ1v) is 6.56. The Morgan fingerprint density at radius 1 is 1.44 bits per heavy atom. The van der Waals surface area contributed by atoms with E-state index >= 15 is 0 Å². The van der Waals surface area contributed by atoms with Crippen molar-refractivity contribution in [3.8, 4) is 0 Å². The molecule has 1 aliphatic rings. The Hall–Kier alpha value is -1.36. The smallest absolute Gasteiger partial charge is 0.137 e. The first kappa shape index (κ1) is 13.1. The van der Waals surface area contributed by atoms with Crippen LogP contribution in [0.5, 0.6) is 0 Å². The van der Waals surface area contributed by atoms with Gasteiger partial charge in [0.1, 0.15) is 17.5 Å². The lowest BCUT2D eigenvalue weighted by molar-refractivity contribution is 0.0891. The van der Waals surface area contributed by atoms with Gasteiger partial charge in [-0.25, -0.2) is 9.97 Å². The molecular formula is C13H22N4O. The van der Waals surface area contributed by atoms with Crippen molar-refractivity contribution in [3.05, 3.63) is 11.4 Å². The normalized spacial score (nSPS) is 20.2. The standard InChI is InChI=1S/C13H22N4O/c1-4-11-15-12(14)9(2)13(16-11)17-7-5-6-10(8-17)18-3/h10H,4-8H2,1-3H3,(H2,14,15,16). The van der Waals surface area contributed by atoms with Crippen molar-refractivity contribution in [3.63, 3.8) is 0 Å². The Morgan fingerprint density at radius 3 is 2.89 bits per heavy atom. The van der Waals surface area contributed by atoms with Crippen molar-refractivity contribution in [2.45, 2.75) is 39.2 Å². The summed E-state index contributed by atoms with van der Waals surface area (Å²) in [5, 5.41) is 0. The summed E-state index contributed by atoms with van der Waals surface area (Å²) >= 11 is 0. The predicted molar refractivity (Wildman–Crippen MR) is 72.8 cm³/mol. The van der Waals surface area contributed by atoms with Crippen LogP contribution >= 0.6 is 0 Å². The number of nitrogens with zero attached hydrogens (tertiary/aromatic N) is 3. The van der Waals surface area contributed by atoms with Crippen LogP contribution in [0.1, 0.15) is 31.2 Å². The first-order chi connectivity index (χ1) is 8.65. The zero-order valence-electron chi connectivity index (χ0n) is 11.4. The van der Waals surface area contributed by atoms with Crippen molar-refractivity contribution < 1.29 is 4.74 Å². The Balaban J connectivity index is 2.28. The summed E-state index contributed by atoms with van der Waals surface area (Å²) in [7, 11) is 1.77. The Bertz CT molecular complexity index is 422. The van der Waals surface area contributed by atoms with Gasteiger partial charge in [-0.2, -0.15) is 0 Å². The highest BCUT2D eigenvalue weighted by molar-refractivity contribution is 5.56. The lowest BCUT2D eigenvalue weighted by Crippen LogP contribution is -2.40. The number of hydrogen-bond donors (Lipinski definition) is 1. The van der Waals surface area contributed by atoms with E-state index < -0.39 is 0 Å². The number of hydrogen-bond acceptors (Lipinski definition) is 5. The van der Waals surface area contributed by atoms with Crippen LogP contribution in [0.15, 0.2) is 0 Å². The summed E-state index contributed by atoms with van der Waals surface area (Å²) < 4.78 is 5.45. The van der Waals surface area contributed by atoms with Gasteiger partial charge in [0.05, 0.1) is 6.10 Å². The van der Waals surface area contributed by atoms with Gasteiger partial charge in [0.15, 0.2) is 0 Å². The SMILES string of the molecule is CCc1nc(N)c(C)c(N2CCCC(OC)C2)n1. The molecule has 5 heteroatoms. The summed E-state index contributed by atoms with van der Waals surface area (Å²) in [6.45, 7) is 5.93. The highest BCUT2D eigenvalue weighted by atomic mass is 16.5. The maximum atomic E-state index is 5.96. The third kappa shape index (κ3) is 2.56. The average molecular weight is 250 g/mol. The van der Waals surface area contributed by atoms with E-state index in [9.17, 15) is 0 Å². The summed E-state index contributed by atoms with van der Waals surface area (Å²) in [5.74, 6) is 2.38. The number of nitrogens with two attached hydrogens (primary N) is 1. The molecule has 1 atom stereocenters. The van der Waals surface area contributed by atoms with Crippen LogP contribution < -0.4 is 10.6 Å². The molecule has 2 N–H and O–H groups in total. The van der Waals surface area contributed by atoms with Crippen LogP contribution in [-0.2, 0) is 11.2 Å². The summed E-state index contributed by atoms with van der Waals surface area (Å²) in [4.78, 5) is 11.2. The quantitative estimate of drug-likeness (QED) is 0.881. The fourth-order valence-corrected chi connectivity index (χ4v) is 2.36. The van der Waals surface area contributed by atoms with Gasteiger partial charge in [0, 0.05) is 32.2 Å². The van der Waals surface area contributed by atoms with E-state index in [-0.39, 0.29) is 0 Å². The predicted octanol–water partition coefficient (Wildman–Crippen LogP) is 1.54. The minimum Gasteiger partial charge on any atom is -0.383 e. The molecule has 100 valence electrons. The molecule has 0 spiro atoms. The van der Waals surface area contributed by atoms with E-state index in [0.717, 1.165) is 49.6 Å². The maximum Gasteiger partial charge on any atom is 0.137 e. The highest BCUT2D eigenvalue weighted by Gasteiger charge is 2.23. The number of piperidine rings is 1. The van der Waals surface area contributed by atoms with Gasteiger partial charge in [0.25, 0.3) is 0 Å². The maximum absolute atomic E-state index is 5.96. The Labute approximate surface area is 108 Å². The number of rotatable bonds is 3. The molecule has 1 aliphatic heterocycles. The van der Waals surface area contributed by atoms with Gasteiger partial charge in [-0.15, -0.1) is 0 Å². The fourth-order valence-electron chi connectivity index (χ4n) is 2.36. The monoisotopic (exact) mass is 250 g/mol. The molecule has 18 heavy (non-hydrogen) atoms. The average Bonchev–Trinajstić information content (AvgIpc) is 2.41. The first-order valence-electron chi connectivity index (χ1n) is 6.56. The second-order valence-electron chi connectivity index (χ2n) is 4.77. The highest BCUT2D eigenvalue weighted by Crippen LogP contribution is 2.25. The molecule has 5 nitrogen and oxygen atoms in total. The van der Waals surface area contributed by atoms with Crippen LogP contribution in [0.25, 0.3) is 0 Å². The van der Waals surface area contributed by atoms with Crippen molar-refractivity contribution >= 4 is 11.6 Å². The molecule has 0 radical (unpaired) electrons. The summed E-state index contributed by atoms with van der Waals surface area (Å²) in [6.07, 6.45) is 3.34. The summed E-state index contributed by atoms with van der Waals surface area (Å²) in [6, 6.07) is 0. The molecule has 0 aliphatic carbocycles. The van der Waals surface area contributed by atoms with Gasteiger partial charge < -0.3 is 15.4 Å². The zero-order chi connectivity index (χ0) is 13.1. The lowest BCUT2D eigenvalue weighted by atomic mass is 10.1. The van der Waals surface area contributed by atoms with E-state index in [0.29, 0.717) is 11.9 Å². The number of anilines is 2. The van der Waals surface area contributed by atoms with E-state index in [1.807, 2.05) is 13.8 Å². The van der Waals surface area contributed by atoms with Crippen LogP contribution in [0.2, 0.25) is 0 Å². The minimum absolute atomic E-state index is 0.291. The molecule has 0 bridgehead atoms. The van der Waals surface area contributed by atoms with Crippen molar-refractivity contribution in [2.24, 2.45) is 0 Å². The summed E-state index contributed by atoms with van der Waals surface area (Å²) in [5.41, 5.74) is 6.94. The third-order valence-corrected chi connectivity index (χ3v) is 3.53. The largest absolute Gasteiger partial charge is 0.383 e. The second-order valence-corrected chi connectivity index (χ2v) is 4.77. The van der Waals surface area contributed by atoms with Crippen LogP contribution in [0, 0.1) is 6.92 Å². The molecule has 2 rings (SSSR count). The molecule has 1 aromatic heterocycles. The molecule has 1 fully saturated rings. The second kappa shape index (κ2) is 5.52. The van der Waals surface area contributed by atoms with Gasteiger partial charge in [-0.05, 0) is 19.8 Å². The van der Waals surface area contributed by atoms with E-state index in [4.69, 9.17) is 10.5 Å². The van der Waals surface area contributed by atoms with E-state index in [1.54, 1.807) is 7.11 Å². The number of nitrogen functional groups attached to an aromatic ring is 1. The molecule has 1 unspecified atom stereocenters. The molecule has 0 amide bonds. The number of aryl methyl sites for hydroxylation is 1. The molecular weight excluding hydrogens is 228 g/mol. The fraction of sp³-hybridized carbons (Fsp3) is 0.692. The van der Waals surface area contributed by atoms with Gasteiger partial charge in [-0.3, -0.25) is 0 Å². The van der Waals surface area contributed by atoms with Crippen molar-refractivity contribution in [1.82, 2.24) is 9.97 Å². The molecule has 2 heterocycles. The zero-order valence-corrected chi connectivity index (χ0v) is 11.4. The molecule has 1 aromatic rings. The number of ether oxygens (including phenoxy) is 1. The third-order valence-electron chi connectivity index (χ3n) is 3.53. The van der Waals surface area contributed by atoms with Gasteiger partial charge >= 0.3 is 0 Å². The Kier molecular flexibility index (Phi) is 4.01. The van der Waals surface area contributed by atoms with E-state index in [2.05, 4.69) is 14.9 Å². The van der Waals surface area contributed by atoms with Crippen LogP contribution in [-0.4, -0.2) is 36.3 Å². The van der Waals surface area contributed by atoms with Crippen LogP contribution in [0.4, 0.5) is 11.6 Å². The molecule has 0 saturated carbocycles. The van der Waals surface area contributed by atoms with Crippen LogP contribution in [0.3, 0.4) is 0 Å². The van der Waals surface area contributed by atoms with E-state index in [1.165, 1.54) is 0 Å². The van der Waals surface area contributed by atoms with Gasteiger partial charge in [0.2, 0.25) is 0 Å². The van der Waals surface area contributed by atoms with Crippen molar-refractivity contribution in [1.29, 1.82) is 0 Å². The molecule has 1 saturated heterocycles. The number of aromatic nitrogens is 2. The number of methoxy groups -OCH3 is 1. The lowest BCUT2D eigenvalue weighted by Gasteiger charge is -2.33.